The molecule has 19 heavy (non-hydrogen) atoms. The lowest BCUT2D eigenvalue weighted by molar-refractivity contribution is 0.0912. The normalized spacial score (nSPS) is 20.1. The Hall–Kier alpha value is -1.37. The number of hydrogen-bond donors (Lipinski definition) is 3. The number of nitrogens with one attached hydrogen (secondary N) is 2. The lowest BCUT2D eigenvalue weighted by atomic mass is 10.1. The summed E-state index contributed by atoms with van der Waals surface area (Å²) in [4.78, 5) is 18.3. The first-order chi connectivity index (χ1) is 9.10. The molecular formula is C12H18ClN5O. The molecule has 1 unspecified atom stereocenters. The van der Waals surface area contributed by atoms with Gasteiger partial charge in [0.1, 0.15) is 0 Å². The average Bonchev–Trinajstić information content (AvgIpc) is 2.38. The molecule has 104 valence electrons. The van der Waals surface area contributed by atoms with E-state index in [0.29, 0.717) is 16.4 Å². The molecule has 0 aromatic carbocycles. The summed E-state index contributed by atoms with van der Waals surface area (Å²) in [5.41, 5.74) is 2.81. The first-order valence-electron chi connectivity index (χ1n) is 6.21. The summed E-state index contributed by atoms with van der Waals surface area (Å²) in [6.07, 6.45) is 3.55. The molecule has 1 aliphatic rings. The van der Waals surface area contributed by atoms with E-state index in [1.54, 1.807) is 6.07 Å². The number of nitrogens with two attached hydrogens (primary N) is 1. The van der Waals surface area contributed by atoms with Gasteiger partial charge in [0, 0.05) is 18.8 Å². The van der Waals surface area contributed by atoms with Gasteiger partial charge in [-0.05, 0) is 32.5 Å². The molecule has 6 nitrogen and oxygen atoms in total. The Balaban J connectivity index is 2.01. The molecule has 2 rings (SSSR count). The number of carbonyl (C=O) groups is 1. The second-order valence-electron chi connectivity index (χ2n) is 4.77. The van der Waals surface area contributed by atoms with E-state index < -0.39 is 0 Å². The number of pyridine rings is 1. The van der Waals surface area contributed by atoms with Gasteiger partial charge in [-0.3, -0.25) is 4.79 Å². The highest BCUT2D eigenvalue weighted by atomic mass is 35.5. The summed E-state index contributed by atoms with van der Waals surface area (Å²) >= 11 is 5.95. The third-order valence-electron chi connectivity index (χ3n) is 3.20. The van der Waals surface area contributed by atoms with Crippen molar-refractivity contribution < 1.29 is 4.79 Å². The van der Waals surface area contributed by atoms with Gasteiger partial charge in [0.25, 0.3) is 5.91 Å². The van der Waals surface area contributed by atoms with E-state index in [9.17, 15) is 4.79 Å². The number of aromatic nitrogens is 1. The molecule has 1 aromatic heterocycles. The first-order valence-corrected chi connectivity index (χ1v) is 6.59. The SMILES string of the molecule is CN1CCCC(NC(=O)c2cnc(NN)c(Cl)c2)C1. The minimum absolute atomic E-state index is 0.154. The summed E-state index contributed by atoms with van der Waals surface area (Å²) in [5.74, 6) is 5.44. The zero-order valence-corrected chi connectivity index (χ0v) is 11.6. The number of nitrogen functional groups attached to an aromatic ring is 1. The van der Waals surface area contributed by atoms with E-state index >= 15 is 0 Å². The Kier molecular flexibility index (Phi) is 4.57. The molecule has 0 bridgehead atoms. The van der Waals surface area contributed by atoms with Crippen LogP contribution in [0, 0.1) is 0 Å². The summed E-state index contributed by atoms with van der Waals surface area (Å²) < 4.78 is 0. The summed E-state index contributed by atoms with van der Waals surface area (Å²) in [6, 6.07) is 1.74. The van der Waals surface area contributed by atoms with Crippen molar-refractivity contribution in [3.8, 4) is 0 Å². The number of halogens is 1. The molecule has 4 N–H and O–H groups in total. The number of nitrogens with zero attached hydrogens (tertiary/aromatic N) is 2. The van der Waals surface area contributed by atoms with Gasteiger partial charge in [-0.25, -0.2) is 10.8 Å². The summed E-state index contributed by atoms with van der Waals surface area (Å²) in [5, 5.41) is 3.33. The molecular weight excluding hydrogens is 266 g/mol. The Labute approximate surface area is 117 Å². The molecule has 1 amide bonds. The van der Waals surface area contributed by atoms with Gasteiger partial charge < -0.3 is 15.6 Å². The van der Waals surface area contributed by atoms with Crippen LogP contribution >= 0.6 is 11.6 Å². The van der Waals surface area contributed by atoms with Crippen LogP contribution < -0.4 is 16.6 Å². The molecule has 1 aromatic rings. The van der Waals surface area contributed by atoms with E-state index in [4.69, 9.17) is 17.4 Å². The number of anilines is 1. The maximum Gasteiger partial charge on any atom is 0.253 e. The largest absolute Gasteiger partial charge is 0.348 e. The number of hydrogen-bond acceptors (Lipinski definition) is 5. The molecule has 0 saturated carbocycles. The topological polar surface area (TPSA) is 83.3 Å². The van der Waals surface area contributed by atoms with Gasteiger partial charge in [0.2, 0.25) is 0 Å². The van der Waals surface area contributed by atoms with Crippen molar-refractivity contribution >= 4 is 23.3 Å². The van der Waals surface area contributed by atoms with Crippen molar-refractivity contribution in [1.29, 1.82) is 0 Å². The van der Waals surface area contributed by atoms with Gasteiger partial charge in [0.15, 0.2) is 5.82 Å². The van der Waals surface area contributed by atoms with Crippen molar-refractivity contribution in [2.24, 2.45) is 5.84 Å². The second kappa shape index (κ2) is 6.18. The summed E-state index contributed by atoms with van der Waals surface area (Å²) in [6.45, 7) is 1.95. The molecule has 0 aliphatic carbocycles. The van der Waals surface area contributed by atoms with Crippen LogP contribution in [0.1, 0.15) is 23.2 Å². The highest BCUT2D eigenvalue weighted by molar-refractivity contribution is 6.33. The van der Waals surface area contributed by atoms with Crippen molar-refractivity contribution in [3.05, 3.63) is 22.8 Å². The standard InChI is InChI=1S/C12H18ClN5O/c1-18-4-2-3-9(7-18)16-12(19)8-5-10(13)11(17-14)15-6-8/h5-6,9H,2-4,7,14H2,1H3,(H,15,17)(H,16,19). The molecule has 7 heteroatoms. The fourth-order valence-electron chi connectivity index (χ4n) is 2.22. The maximum absolute atomic E-state index is 12.1. The monoisotopic (exact) mass is 283 g/mol. The van der Waals surface area contributed by atoms with Gasteiger partial charge in [-0.15, -0.1) is 0 Å². The van der Waals surface area contributed by atoms with E-state index in [0.717, 1.165) is 25.9 Å². The maximum atomic E-state index is 12.1. The third kappa shape index (κ3) is 3.56. The van der Waals surface area contributed by atoms with Crippen LogP contribution in [-0.4, -0.2) is 42.0 Å². The van der Waals surface area contributed by atoms with E-state index in [-0.39, 0.29) is 11.9 Å². The summed E-state index contributed by atoms with van der Waals surface area (Å²) in [7, 11) is 2.05. The number of carbonyl (C=O) groups excluding carboxylic acids is 1. The van der Waals surface area contributed by atoms with Crippen molar-refractivity contribution in [1.82, 2.24) is 15.2 Å². The van der Waals surface area contributed by atoms with Crippen LogP contribution in [0.25, 0.3) is 0 Å². The minimum Gasteiger partial charge on any atom is -0.348 e. The molecule has 1 aliphatic heterocycles. The fraction of sp³-hybridized carbons (Fsp3) is 0.500. The Morgan fingerprint density at radius 2 is 2.42 bits per heavy atom. The number of likely N-dealkylation sites (N-methyl/N-ethyl adjacent to an activating group) is 1. The van der Waals surface area contributed by atoms with Crippen LogP contribution in [0.5, 0.6) is 0 Å². The Morgan fingerprint density at radius 1 is 1.63 bits per heavy atom. The third-order valence-corrected chi connectivity index (χ3v) is 3.49. The van der Waals surface area contributed by atoms with E-state index in [2.05, 4.69) is 27.7 Å². The zero-order chi connectivity index (χ0) is 13.8. The highest BCUT2D eigenvalue weighted by Crippen LogP contribution is 2.19. The fourth-order valence-corrected chi connectivity index (χ4v) is 2.44. The van der Waals surface area contributed by atoms with E-state index in [1.165, 1.54) is 6.20 Å². The Morgan fingerprint density at radius 3 is 3.05 bits per heavy atom. The van der Waals surface area contributed by atoms with Gasteiger partial charge in [-0.1, -0.05) is 11.6 Å². The highest BCUT2D eigenvalue weighted by Gasteiger charge is 2.20. The predicted octanol–water partition coefficient (Wildman–Crippen LogP) is 0.845. The lowest BCUT2D eigenvalue weighted by Crippen LogP contribution is -2.46. The quantitative estimate of drug-likeness (QED) is 0.566. The van der Waals surface area contributed by atoms with Gasteiger partial charge in [-0.2, -0.15) is 0 Å². The molecule has 2 heterocycles. The minimum atomic E-state index is -0.154. The smallest absolute Gasteiger partial charge is 0.253 e. The first kappa shape index (κ1) is 14.0. The second-order valence-corrected chi connectivity index (χ2v) is 5.18. The van der Waals surface area contributed by atoms with Crippen molar-refractivity contribution in [3.63, 3.8) is 0 Å². The van der Waals surface area contributed by atoms with Gasteiger partial charge >= 0.3 is 0 Å². The number of likely N-dealkylation sites (tertiary alicyclic amines) is 1. The molecule has 1 fully saturated rings. The van der Waals surface area contributed by atoms with Crippen molar-refractivity contribution in [2.45, 2.75) is 18.9 Å². The van der Waals surface area contributed by atoms with Crippen LogP contribution in [-0.2, 0) is 0 Å². The number of amides is 1. The molecule has 0 radical (unpaired) electrons. The van der Waals surface area contributed by atoms with Crippen LogP contribution in [0.4, 0.5) is 5.82 Å². The Bertz CT molecular complexity index is 467. The van der Waals surface area contributed by atoms with Crippen LogP contribution in [0.2, 0.25) is 5.02 Å². The number of hydrazine groups is 1. The van der Waals surface area contributed by atoms with Crippen LogP contribution in [0.15, 0.2) is 12.3 Å². The number of piperidine rings is 1. The lowest BCUT2D eigenvalue weighted by Gasteiger charge is -2.30. The van der Waals surface area contributed by atoms with Gasteiger partial charge in [0.05, 0.1) is 10.6 Å². The van der Waals surface area contributed by atoms with Crippen molar-refractivity contribution in [2.75, 3.05) is 25.6 Å². The molecule has 1 saturated heterocycles. The predicted molar refractivity (Wildman–Crippen MR) is 75.0 cm³/mol. The molecule has 0 spiro atoms. The van der Waals surface area contributed by atoms with E-state index in [1.807, 2.05) is 0 Å². The average molecular weight is 284 g/mol. The number of rotatable bonds is 3. The zero-order valence-electron chi connectivity index (χ0n) is 10.8. The van der Waals surface area contributed by atoms with Crippen LogP contribution in [0.3, 0.4) is 0 Å². The molecule has 1 atom stereocenters.